The normalized spacial score (nSPS) is 27.9. The number of amides is 2. The van der Waals surface area contributed by atoms with Crippen LogP contribution in [0.3, 0.4) is 0 Å². The number of carbonyl (C=O) groups is 3. The number of Topliss-reactive ketones (excluding diaryl/α,β-unsaturated/α-hetero) is 1. The van der Waals surface area contributed by atoms with Gasteiger partial charge in [0, 0.05) is 22.9 Å². The molecule has 8 nitrogen and oxygen atoms in total. The number of rotatable bonds is 4. The van der Waals surface area contributed by atoms with Crippen molar-refractivity contribution in [1.29, 1.82) is 0 Å². The van der Waals surface area contributed by atoms with Crippen molar-refractivity contribution in [2.24, 2.45) is 5.92 Å². The summed E-state index contributed by atoms with van der Waals surface area (Å²) in [6.07, 6.45) is 1.46. The molecule has 2 N–H and O–H groups in total. The molecular weight excluding hydrogens is 530 g/mol. The van der Waals surface area contributed by atoms with E-state index in [-0.39, 0.29) is 23.6 Å². The van der Waals surface area contributed by atoms with Gasteiger partial charge in [-0.3, -0.25) is 19.3 Å². The third-order valence-corrected chi connectivity index (χ3v) is 9.56. The van der Waals surface area contributed by atoms with E-state index < -0.39 is 16.9 Å². The van der Waals surface area contributed by atoms with Crippen LogP contribution in [-0.2, 0) is 20.5 Å². The first-order valence-corrected chi connectivity index (χ1v) is 13.7. The summed E-state index contributed by atoms with van der Waals surface area (Å²) in [7, 11) is 3.04. The number of halogens is 1. The van der Waals surface area contributed by atoms with Crippen molar-refractivity contribution in [1.82, 2.24) is 4.90 Å². The van der Waals surface area contributed by atoms with Crippen molar-refractivity contribution < 1.29 is 23.9 Å². The summed E-state index contributed by atoms with van der Waals surface area (Å²) in [5.41, 5.74) is 1.01. The second-order valence-corrected chi connectivity index (χ2v) is 11.4. The summed E-state index contributed by atoms with van der Waals surface area (Å²) in [6.45, 7) is 2.48. The fraction of sp³-hybridized carbons (Fsp3) is 0.323. The first-order chi connectivity index (χ1) is 19.3. The molecule has 2 saturated heterocycles. The van der Waals surface area contributed by atoms with E-state index in [0.29, 0.717) is 52.0 Å². The topological polar surface area (TPSA) is 97.0 Å². The number of nitrogens with one attached hydrogen (secondary N) is 2. The third-order valence-electron chi connectivity index (χ3n) is 9.26. The largest absolute Gasteiger partial charge is 0.493 e. The van der Waals surface area contributed by atoms with E-state index in [0.717, 1.165) is 17.5 Å². The van der Waals surface area contributed by atoms with Gasteiger partial charge in [-0.2, -0.15) is 0 Å². The maximum absolute atomic E-state index is 15.0. The number of para-hydroxylation sites is 1. The Bertz CT molecular complexity index is 1640. The molecule has 0 aliphatic carbocycles. The van der Waals surface area contributed by atoms with Gasteiger partial charge in [-0.05, 0) is 67.8 Å². The predicted octanol–water partition coefficient (Wildman–Crippen LogP) is 4.68. The lowest BCUT2D eigenvalue weighted by Crippen LogP contribution is -2.55. The number of nitrogens with zero attached hydrogens (tertiary/aromatic N) is 1. The molecule has 0 radical (unpaired) electrons. The van der Waals surface area contributed by atoms with Crippen molar-refractivity contribution >= 4 is 40.6 Å². The van der Waals surface area contributed by atoms with Gasteiger partial charge in [0.1, 0.15) is 11.0 Å². The lowest BCUT2D eigenvalue weighted by Gasteiger charge is -2.38. The number of anilines is 2. The number of methoxy groups -OCH3 is 2. The lowest BCUT2D eigenvalue weighted by molar-refractivity contribution is -0.128. The maximum atomic E-state index is 15.0. The molecule has 4 aliphatic heterocycles. The highest BCUT2D eigenvalue weighted by atomic mass is 35.5. The van der Waals surface area contributed by atoms with E-state index in [9.17, 15) is 9.59 Å². The monoisotopic (exact) mass is 557 g/mol. The van der Waals surface area contributed by atoms with E-state index in [1.807, 2.05) is 37.3 Å². The van der Waals surface area contributed by atoms with Crippen LogP contribution in [0.25, 0.3) is 0 Å². The number of aryl methyl sites for hydroxylation is 1. The molecule has 3 aromatic carbocycles. The smallest absolute Gasteiger partial charge is 0.250 e. The Hall–Kier alpha value is -3.88. The molecular formula is C31H28ClN3O5. The minimum Gasteiger partial charge on any atom is -0.493 e. The summed E-state index contributed by atoms with van der Waals surface area (Å²) < 4.78 is 10.9. The molecule has 2 fully saturated rings. The van der Waals surface area contributed by atoms with Crippen LogP contribution in [0.4, 0.5) is 11.4 Å². The highest BCUT2D eigenvalue weighted by molar-refractivity contribution is 6.35. The first-order valence-electron chi connectivity index (χ1n) is 13.4. The fourth-order valence-electron chi connectivity index (χ4n) is 7.89. The minimum absolute atomic E-state index is 0.263. The molecule has 4 atom stereocenters. The Balaban J connectivity index is 1.57. The number of ketones is 1. The highest BCUT2D eigenvalue weighted by Gasteiger charge is 2.79. The van der Waals surface area contributed by atoms with Crippen LogP contribution in [0, 0.1) is 12.8 Å². The summed E-state index contributed by atoms with van der Waals surface area (Å²) in [6, 6.07) is 15.8. The Labute approximate surface area is 236 Å². The Morgan fingerprint density at radius 3 is 2.52 bits per heavy atom. The van der Waals surface area contributed by atoms with Gasteiger partial charge in [0.25, 0.3) is 0 Å². The Morgan fingerprint density at radius 2 is 1.75 bits per heavy atom. The predicted molar refractivity (Wildman–Crippen MR) is 150 cm³/mol. The number of ether oxygens (including phenoxy) is 2. The second-order valence-electron chi connectivity index (χ2n) is 11.0. The van der Waals surface area contributed by atoms with E-state index >= 15 is 4.79 Å². The van der Waals surface area contributed by atoms with Crippen LogP contribution in [0.2, 0.25) is 5.02 Å². The molecule has 0 unspecified atom stereocenters. The van der Waals surface area contributed by atoms with Gasteiger partial charge < -0.3 is 20.1 Å². The number of hydrogen-bond acceptors (Lipinski definition) is 6. The summed E-state index contributed by atoms with van der Waals surface area (Å²) in [5.74, 6) is -1.13. The SMILES string of the molecule is COc1ccc(C(=O)[C@@H]2[C@]3(C(=O)Nc4ccccc43)[C@H]3CCCN3[C@]23C(=O)Nc2c(Cl)cc(C)cc23)cc1OC. The quantitative estimate of drug-likeness (QED) is 0.452. The zero-order chi connectivity index (χ0) is 28.0. The standard InChI is InChI=1S/C31H28ClN3O5/c1-16-13-19-25(20(32)14-16)34-29(38)31(19)27(26(36)17-10-11-22(39-2)23(15-17)40-3)30(24-9-6-12-35(24)31)18-7-4-5-8-21(18)33-28(30)37/h4-5,7-8,10-11,13-15,24,27H,6,9,12H2,1-3H3,(H,33,37)(H,34,38)/t24-,27-,30-,31+/m1/s1. The molecule has 7 rings (SSSR count). The van der Waals surface area contributed by atoms with E-state index in [4.69, 9.17) is 21.1 Å². The van der Waals surface area contributed by atoms with Gasteiger partial charge in [-0.15, -0.1) is 0 Å². The summed E-state index contributed by atoms with van der Waals surface area (Å²) in [5, 5.41) is 6.49. The second kappa shape index (κ2) is 8.56. The minimum atomic E-state index is -1.44. The van der Waals surface area contributed by atoms with Crippen LogP contribution < -0.4 is 20.1 Å². The van der Waals surface area contributed by atoms with E-state index in [1.165, 1.54) is 14.2 Å². The molecule has 9 heteroatoms. The molecule has 204 valence electrons. The Kier molecular flexibility index (Phi) is 5.37. The van der Waals surface area contributed by atoms with Crippen molar-refractivity contribution in [3.05, 3.63) is 81.9 Å². The number of hydrogen-bond donors (Lipinski definition) is 2. The van der Waals surface area contributed by atoms with Crippen LogP contribution in [-0.4, -0.2) is 49.3 Å². The van der Waals surface area contributed by atoms with E-state index in [2.05, 4.69) is 15.5 Å². The number of fused-ring (bicyclic) bond motifs is 7. The molecule has 40 heavy (non-hydrogen) atoms. The van der Waals surface area contributed by atoms with Crippen molar-refractivity contribution in [2.45, 2.75) is 36.8 Å². The molecule has 0 saturated carbocycles. The molecule has 4 heterocycles. The summed E-state index contributed by atoms with van der Waals surface area (Å²) in [4.78, 5) is 46.0. The zero-order valence-electron chi connectivity index (χ0n) is 22.3. The maximum Gasteiger partial charge on any atom is 0.250 e. The molecule has 0 bridgehead atoms. The molecule has 0 aromatic heterocycles. The molecule has 2 amide bonds. The molecule has 4 aliphatic rings. The average molecular weight is 558 g/mol. The van der Waals surface area contributed by atoms with Gasteiger partial charge in [0.15, 0.2) is 17.3 Å². The first kappa shape index (κ1) is 25.1. The number of benzene rings is 3. The van der Waals surface area contributed by atoms with Crippen LogP contribution in [0.5, 0.6) is 11.5 Å². The van der Waals surface area contributed by atoms with Crippen LogP contribution in [0.1, 0.15) is 39.9 Å². The zero-order valence-corrected chi connectivity index (χ0v) is 23.1. The van der Waals surface area contributed by atoms with Gasteiger partial charge in [-0.1, -0.05) is 35.9 Å². The van der Waals surface area contributed by atoms with Crippen molar-refractivity contribution in [2.75, 3.05) is 31.4 Å². The lowest BCUT2D eigenvalue weighted by atomic mass is 9.60. The summed E-state index contributed by atoms with van der Waals surface area (Å²) >= 11 is 6.70. The fourth-order valence-corrected chi connectivity index (χ4v) is 8.21. The highest BCUT2D eigenvalue weighted by Crippen LogP contribution is 2.66. The van der Waals surface area contributed by atoms with Crippen LogP contribution in [0.15, 0.2) is 54.6 Å². The van der Waals surface area contributed by atoms with Gasteiger partial charge in [0.2, 0.25) is 11.8 Å². The molecule has 3 aromatic rings. The Morgan fingerprint density at radius 1 is 0.975 bits per heavy atom. The third kappa shape index (κ3) is 2.87. The number of carbonyl (C=O) groups excluding carboxylic acids is 3. The van der Waals surface area contributed by atoms with Gasteiger partial charge in [0.05, 0.1) is 30.8 Å². The van der Waals surface area contributed by atoms with Gasteiger partial charge >= 0.3 is 0 Å². The molecule has 2 spiro atoms. The van der Waals surface area contributed by atoms with Crippen molar-refractivity contribution in [3.8, 4) is 11.5 Å². The van der Waals surface area contributed by atoms with E-state index in [1.54, 1.807) is 24.3 Å². The van der Waals surface area contributed by atoms with Gasteiger partial charge in [-0.25, -0.2) is 0 Å². The van der Waals surface area contributed by atoms with Crippen LogP contribution >= 0.6 is 11.6 Å². The van der Waals surface area contributed by atoms with Crippen molar-refractivity contribution in [3.63, 3.8) is 0 Å². The average Bonchev–Trinajstić information content (AvgIpc) is 3.67.